The van der Waals surface area contributed by atoms with Gasteiger partial charge in [0.1, 0.15) is 0 Å². The van der Waals surface area contributed by atoms with Crippen LogP contribution in [0.15, 0.2) is 4.21 Å². The fourth-order valence-corrected chi connectivity index (χ4v) is 4.72. The number of unbranched alkanes of at least 4 members (excludes halogenated alkanes) is 1. The molecule has 17 heavy (non-hydrogen) atoms. The summed E-state index contributed by atoms with van der Waals surface area (Å²) in [5.74, 6) is 1.27. The Morgan fingerprint density at radius 3 is 2.94 bits per heavy atom. The van der Waals surface area contributed by atoms with E-state index in [1.165, 1.54) is 11.3 Å². The first-order valence-corrected chi connectivity index (χ1v) is 7.85. The highest BCUT2D eigenvalue weighted by atomic mass is 32.2. The number of thioether (sulfide) groups is 1. The van der Waals surface area contributed by atoms with E-state index in [4.69, 9.17) is 0 Å². The molecule has 1 heterocycles. The first-order valence-electron chi connectivity index (χ1n) is 6.04. The molecule has 0 atom stereocenters. The van der Waals surface area contributed by atoms with Crippen LogP contribution in [0.25, 0.3) is 0 Å². The van der Waals surface area contributed by atoms with Crippen LogP contribution in [0.2, 0.25) is 0 Å². The number of rotatable bonds is 5. The molecule has 1 aliphatic carbocycles. The maximum atomic E-state index is 11.9. The molecule has 0 amide bonds. The normalized spacial score (nSPS) is 14.8. The van der Waals surface area contributed by atoms with Crippen LogP contribution in [-0.2, 0) is 6.42 Å². The lowest BCUT2D eigenvalue weighted by atomic mass is 9.93. The van der Waals surface area contributed by atoms with Gasteiger partial charge in [0.15, 0.2) is 12.1 Å². The smallest absolute Gasteiger partial charge is 0.165 e. The molecule has 0 aliphatic heterocycles. The van der Waals surface area contributed by atoms with E-state index >= 15 is 0 Å². The lowest BCUT2D eigenvalue weighted by Gasteiger charge is -2.11. The summed E-state index contributed by atoms with van der Waals surface area (Å²) in [6.45, 7) is 2.16. The van der Waals surface area contributed by atoms with E-state index in [9.17, 15) is 9.59 Å². The van der Waals surface area contributed by atoms with Crippen molar-refractivity contribution in [3.8, 4) is 0 Å². The second-order valence-corrected chi connectivity index (χ2v) is 6.62. The number of hydrogen-bond donors (Lipinski definition) is 0. The van der Waals surface area contributed by atoms with Crippen LogP contribution in [0.4, 0.5) is 0 Å². The summed E-state index contributed by atoms with van der Waals surface area (Å²) >= 11 is 3.24. The van der Waals surface area contributed by atoms with Gasteiger partial charge in [-0.1, -0.05) is 13.3 Å². The molecule has 1 aromatic rings. The van der Waals surface area contributed by atoms with Crippen molar-refractivity contribution in [2.75, 3.05) is 5.75 Å². The highest BCUT2D eigenvalue weighted by molar-refractivity contribution is 8.01. The van der Waals surface area contributed by atoms with E-state index in [1.807, 2.05) is 0 Å². The van der Waals surface area contributed by atoms with E-state index in [2.05, 4.69) is 6.92 Å². The SMILES string of the molecule is CCCCSc1sc(C=O)c2c1C(=O)CCC2. The second-order valence-electron chi connectivity index (χ2n) is 4.20. The number of hydrogen-bond acceptors (Lipinski definition) is 4. The zero-order chi connectivity index (χ0) is 12.3. The molecular weight excluding hydrogens is 252 g/mol. The van der Waals surface area contributed by atoms with Gasteiger partial charge in [0.2, 0.25) is 0 Å². The fraction of sp³-hybridized carbons (Fsp3) is 0.538. The summed E-state index contributed by atoms with van der Waals surface area (Å²) in [5, 5.41) is 0. The summed E-state index contributed by atoms with van der Waals surface area (Å²) < 4.78 is 1.07. The van der Waals surface area contributed by atoms with Crippen molar-refractivity contribution in [1.29, 1.82) is 0 Å². The Kier molecular flexibility index (Phi) is 4.40. The topological polar surface area (TPSA) is 34.1 Å². The number of fused-ring (bicyclic) bond motifs is 1. The van der Waals surface area contributed by atoms with Gasteiger partial charge in [-0.2, -0.15) is 0 Å². The predicted octanol–water partition coefficient (Wildman–Crippen LogP) is 3.97. The van der Waals surface area contributed by atoms with Crippen molar-refractivity contribution in [3.05, 3.63) is 16.0 Å². The molecule has 0 aromatic carbocycles. The number of ketones is 1. The second kappa shape index (κ2) is 5.83. The van der Waals surface area contributed by atoms with Crippen molar-refractivity contribution in [3.63, 3.8) is 0 Å². The standard InChI is InChI=1S/C13H16O2S2/c1-2-3-7-16-13-12-9(11(8-14)17-13)5-4-6-10(12)15/h8H,2-7H2,1H3. The quantitative estimate of drug-likeness (QED) is 0.460. The van der Waals surface area contributed by atoms with Gasteiger partial charge in [-0.05, 0) is 30.6 Å². The van der Waals surface area contributed by atoms with E-state index in [-0.39, 0.29) is 5.78 Å². The maximum absolute atomic E-state index is 11.9. The van der Waals surface area contributed by atoms with Crippen LogP contribution >= 0.6 is 23.1 Å². The van der Waals surface area contributed by atoms with Gasteiger partial charge < -0.3 is 0 Å². The van der Waals surface area contributed by atoms with Gasteiger partial charge in [-0.15, -0.1) is 23.1 Å². The molecule has 0 bridgehead atoms. The van der Waals surface area contributed by atoms with Crippen molar-refractivity contribution in [2.24, 2.45) is 0 Å². The zero-order valence-electron chi connectivity index (χ0n) is 9.95. The minimum atomic E-state index is 0.231. The molecular formula is C13H16O2S2. The van der Waals surface area contributed by atoms with Gasteiger partial charge in [0.25, 0.3) is 0 Å². The highest BCUT2D eigenvalue weighted by Gasteiger charge is 2.26. The fourth-order valence-electron chi connectivity index (χ4n) is 2.05. The maximum Gasteiger partial charge on any atom is 0.165 e. The highest BCUT2D eigenvalue weighted by Crippen LogP contribution is 2.39. The van der Waals surface area contributed by atoms with Crippen LogP contribution in [-0.4, -0.2) is 17.8 Å². The number of Topliss-reactive ketones (excluding diaryl/α,β-unsaturated/α-hetero) is 1. The Morgan fingerprint density at radius 1 is 1.41 bits per heavy atom. The van der Waals surface area contributed by atoms with Crippen molar-refractivity contribution in [1.82, 2.24) is 0 Å². The minimum Gasteiger partial charge on any atom is -0.297 e. The summed E-state index contributed by atoms with van der Waals surface area (Å²) in [4.78, 5) is 23.7. The average Bonchev–Trinajstić information content (AvgIpc) is 2.69. The van der Waals surface area contributed by atoms with Crippen LogP contribution in [0.5, 0.6) is 0 Å². The van der Waals surface area contributed by atoms with Crippen molar-refractivity contribution >= 4 is 35.2 Å². The van der Waals surface area contributed by atoms with Gasteiger partial charge in [-0.3, -0.25) is 9.59 Å². The monoisotopic (exact) mass is 268 g/mol. The number of carbonyl (C=O) groups is 2. The Balaban J connectivity index is 2.28. The van der Waals surface area contributed by atoms with Crippen LogP contribution in [0.3, 0.4) is 0 Å². The molecule has 92 valence electrons. The first kappa shape index (κ1) is 12.8. The van der Waals surface area contributed by atoms with Crippen LogP contribution in [0.1, 0.15) is 58.2 Å². The molecule has 0 unspecified atom stereocenters. The van der Waals surface area contributed by atoms with Gasteiger partial charge in [0, 0.05) is 12.0 Å². The molecule has 0 saturated carbocycles. The largest absolute Gasteiger partial charge is 0.297 e. The summed E-state index contributed by atoms with van der Waals surface area (Å²) in [6.07, 6.45) is 5.65. The van der Waals surface area contributed by atoms with Crippen molar-refractivity contribution in [2.45, 2.75) is 43.2 Å². The van der Waals surface area contributed by atoms with Crippen molar-refractivity contribution < 1.29 is 9.59 Å². The van der Waals surface area contributed by atoms with Crippen LogP contribution < -0.4 is 0 Å². The molecule has 1 aliphatic rings. The average molecular weight is 268 g/mol. The van der Waals surface area contributed by atoms with Gasteiger partial charge >= 0.3 is 0 Å². The van der Waals surface area contributed by atoms with Gasteiger partial charge in [0.05, 0.1) is 9.09 Å². The molecule has 4 heteroatoms. The third-order valence-corrected chi connectivity index (χ3v) is 5.47. The molecule has 2 rings (SSSR count). The zero-order valence-corrected chi connectivity index (χ0v) is 11.6. The summed E-state index contributed by atoms with van der Waals surface area (Å²) in [7, 11) is 0. The number of carbonyl (C=O) groups excluding carboxylic acids is 2. The molecule has 0 N–H and O–H groups in total. The third-order valence-electron chi connectivity index (χ3n) is 2.95. The summed E-state index contributed by atoms with van der Waals surface area (Å²) in [5.41, 5.74) is 1.88. The minimum absolute atomic E-state index is 0.231. The molecule has 0 spiro atoms. The Bertz CT molecular complexity index is 435. The molecule has 0 saturated heterocycles. The van der Waals surface area contributed by atoms with Crippen LogP contribution in [0, 0.1) is 0 Å². The predicted molar refractivity (Wildman–Crippen MR) is 72.6 cm³/mol. The Morgan fingerprint density at radius 2 is 2.24 bits per heavy atom. The molecule has 2 nitrogen and oxygen atoms in total. The lowest BCUT2D eigenvalue weighted by molar-refractivity contribution is 0.0970. The van der Waals surface area contributed by atoms with E-state index in [0.29, 0.717) is 6.42 Å². The van der Waals surface area contributed by atoms with E-state index in [0.717, 1.165) is 57.9 Å². The lowest BCUT2D eigenvalue weighted by Crippen LogP contribution is -2.10. The van der Waals surface area contributed by atoms with E-state index < -0.39 is 0 Å². The molecule has 0 radical (unpaired) electrons. The third kappa shape index (κ3) is 2.63. The number of thiophene rings is 1. The summed E-state index contributed by atoms with van der Waals surface area (Å²) in [6, 6.07) is 0. The molecule has 0 fully saturated rings. The molecule has 1 aromatic heterocycles. The van der Waals surface area contributed by atoms with E-state index in [1.54, 1.807) is 11.8 Å². The van der Waals surface area contributed by atoms with Gasteiger partial charge in [-0.25, -0.2) is 0 Å². The Hall–Kier alpha value is -0.610. The Labute approximate surface area is 110 Å². The first-order chi connectivity index (χ1) is 8.27. The number of aldehydes is 1.